The minimum Gasteiger partial charge on any atom is -0.489 e. The van der Waals surface area contributed by atoms with Crippen molar-refractivity contribution in [2.45, 2.75) is 32.6 Å². The fourth-order valence-electron chi connectivity index (χ4n) is 2.82. The predicted octanol–water partition coefficient (Wildman–Crippen LogP) is 1.24. The normalized spacial score (nSPS) is 16.1. The Kier molecular flexibility index (Phi) is 4.95. The Hall–Kier alpha value is -1.89. The number of aryl methyl sites for hydroxylation is 1. The van der Waals surface area contributed by atoms with Crippen LogP contribution >= 0.6 is 0 Å². The van der Waals surface area contributed by atoms with E-state index in [0.717, 1.165) is 36.5 Å². The van der Waals surface area contributed by atoms with Crippen LogP contribution < -0.4 is 10.5 Å². The lowest BCUT2D eigenvalue weighted by molar-refractivity contribution is 0.111. The van der Waals surface area contributed by atoms with Gasteiger partial charge >= 0.3 is 0 Å². The van der Waals surface area contributed by atoms with E-state index in [1.54, 1.807) is 6.26 Å². The van der Waals surface area contributed by atoms with Gasteiger partial charge in [-0.1, -0.05) is 11.2 Å². The van der Waals surface area contributed by atoms with Gasteiger partial charge in [0.15, 0.2) is 0 Å². The van der Waals surface area contributed by atoms with Crippen molar-refractivity contribution in [3.05, 3.63) is 46.8 Å². The van der Waals surface area contributed by atoms with Crippen molar-refractivity contribution in [1.82, 2.24) is 10.1 Å². The Bertz CT molecular complexity index is 656. The molecule has 0 bridgehead atoms. The van der Waals surface area contributed by atoms with E-state index in [9.17, 15) is 5.11 Å². The van der Waals surface area contributed by atoms with Crippen LogP contribution in [-0.2, 0) is 19.6 Å². The molecule has 2 aromatic rings. The minimum atomic E-state index is -0.453. The van der Waals surface area contributed by atoms with Gasteiger partial charge in [0.1, 0.15) is 18.6 Å². The summed E-state index contributed by atoms with van der Waals surface area (Å²) in [6.45, 7) is 5.07. The molecule has 1 aromatic carbocycles. The van der Waals surface area contributed by atoms with Crippen LogP contribution in [0.2, 0.25) is 0 Å². The highest BCUT2D eigenvalue weighted by atomic mass is 16.5. The molecule has 0 radical (unpaired) electrons. The number of aromatic nitrogens is 1. The second-order valence-electron chi connectivity index (χ2n) is 6.02. The van der Waals surface area contributed by atoms with Gasteiger partial charge in [-0.3, -0.25) is 4.90 Å². The van der Waals surface area contributed by atoms with E-state index in [-0.39, 0.29) is 0 Å². The summed E-state index contributed by atoms with van der Waals surface area (Å²) in [6, 6.07) is 6.20. The fraction of sp³-hybridized carbons (Fsp3) is 0.471. The summed E-state index contributed by atoms with van der Waals surface area (Å²) in [5.41, 5.74) is 9.90. The highest BCUT2D eigenvalue weighted by molar-refractivity contribution is 5.37. The molecule has 1 unspecified atom stereocenters. The molecular formula is C17H23N3O3. The minimum absolute atomic E-state index is 0.304. The lowest BCUT2D eigenvalue weighted by Crippen LogP contribution is -2.39. The van der Waals surface area contributed by atoms with E-state index in [2.05, 4.69) is 22.2 Å². The van der Waals surface area contributed by atoms with E-state index < -0.39 is 6.10 Å². The Morgan fingerprint density at radius 1 is 1.43 bits per heavy atom. The number of fused-ring (bicyclic) bond motifs is 1. The van der Waals surface area contributed by atoms with Crippen LogP contribution in [-0.4, -0.2) is 40.9 Å². The number of hydrogen-bond acceptors (Lipinski definition) is 6. The number of rotatable bonds is 6. The van der Waals surface area contributed by atoms with Crippen molar-refractivity contribution in [1.29, 1.82) is 0 Å². The van der Waals surface area contributed by atoms with Crippen LogP contribution in [0.1, 0.15) is 22.4 Å². The molecule has 0 saturated carbocycles. The van der Waals surface area contributed by atoms with Gasteiger partial charge in [0.25, 0.3) is 0 Å². The predicted molar refractivity (Wildman–Crippen MR) is 86.1 cm³/mol. The second-order valence-corrected chi connectivity index (χ2v) is 6.02. The van der Waals surface area contributed by atoms with E-state index in [0.29, 0.717) is 19.7 Å². The Balaban J connectivity index is 1.61. The van der Waals surface area contributed by atoms with Crippen LogP contribution in [0.4, 0.5) is 0 Å². The van der Waals surface area contributed by atoms with Gasteiger partial charge in [-0.2, -0.15) is 0 Å². The Morgan fingerprint density at radius 3 is 3.04 bits per heavy atom. The Labute approximate surface area is 135 Å². The third-order valence-corrected chi connectivity index (χ3v) is 4.25. The maximum absolute atomic E-state index is 9.69. The number of benzene rings is 1. The largest absolute Gasteiger partial charge is 0.489 e. The van der Waals surface area contributed by atoms with Crippen LogP contribution in [0.5, 0.6) is 5.75 Å². The molecule has 6 heteroatoms. The van der Waals surface area contributed by atoms with Crippen LogP contribution in [0.25, 0.3) is 0 Å². The topological polar surface area (TPSA) is 84.8 Å². The molecule has 124 valence electrons. The molecule has 1 aliphatic heterocycles. The van der Waals surface area contributed by atoms with Gasteiger partial charge in [-0.15, -0.1) is 0 Å². The summed E-state index contributed by atoms with van der Waals surface area (Å²) in [5, 5.41) is 13.5. The average molecular weight is 317 g/mol. The molecule has 23 heavy (non-hydrogen) atoms. The van der Waals surface area contributed by atoms with Crippen LogP contribution in [0.15, 0.2) is 29.0 Å². The number of hydrogen-bond donors (Lipinski definition) is 2. The summed E-state index contributed by atoms with van der Waals surface area (Å²) in [6.07, 6.45) is 2.12. The highest BCUT2D eigenvalue weighted by Crippen LogP contribution is 2.24. The van der Waals surface area contributed by atoms with Gasteiger partial charge < -0.3 is 20.1 Å². The van der Waals surface area contributed by atoms with Crippen molar-refractivity contribution in [2.75, 3.05) is 19.6 Å². The molecule has 0 saturated heterocycles. The molecule has 0 aliphatic carbocycles. The SMILES string of the molecule is Cc1nocc1COc1ccc2c(c1)CCN(CC(O)CN)C2. The molecule has 1 aromatic heterocycles. The first kappa shape index (κ1) is 16.0. The van der Waals surface area contributed by atoms with Gasteiger partial charge in [0.05, 0.1) is 17.4 Å². The first-order valence-corrected chi connectivity index (χ1v) is 7.90. The Morgan fingerprint density at radius 2 is 2.30 bits per heavy atom. The number of aliphatic hydroxyl groups is 1. The van der Waals surface area contributed by atoms with Gasteiger partial charge in [0, 0.05) is 26.2 Å². The number of aliphatic hydroxyl groups excluding tert-OH is 1. The third kappa shape index (κ3) is 3.90. The van der Waals surface area contributed by atoms with Crippen molar-refractivity contribution < 1.29 is 14.4 Å². The van der Waals surface area contributed by atoms with E-state index >= 15 is 0 Å². The lowest BCUT2D eigenvalue weighted by Gasteiger charge is -2.30. The number of ether oxygens (including phenoxy) is 1. The quantitative estimate of drug-likeness (QED) is 0.834. The molecule has 1 atom stereocenters. The van der Waals surface area contributed by atoms with Crippen molar-refractivity contribution in [3.63, 3.8) is 0 Å². The van der Waals surface area contributed by atoms with Gasteiger partial charge in [-0.25, -0.2) is 0 Å². The molecule has 3 N–H and O–H groups in total. The zero-order chi connectivity index (χ0) is 16.2. The number of β-amino-alcohol motifs (C(OH)–C–C–N with tert-alkyl or cyclic N) is 1. The molecular weight excluding hydrogens is 294 g/mol. The summed E-state index contributed by atoms with van der Waals surface area (Å²) < 4.78 is 10.7. The lowest BCUT2D eigenvalue weighted by atomic mass is 9.99. The van der Waals surface area contributed by atoms with Gasteiger partial charge in [0.2, 0.25) is 0 Å². The zero-order valence-corrected chi connectivity index (χ0v) is 13.4. The van der Waals surface area contributed by atoms with Crippen molar-refractivity contribution in [3.8, 4) is 5.75 Å². The number of nitrogens with two attached hydrogens (primary N) is 1. The number of nitrogens with zero attached hydrogens (tertiary/aromatic N) is 2. The molecule has 1 aliphatic rings. The molecule has 3 rings (SSSR count). The van der Waals surface area contributed by atoms with Crippen LogP contribution in [0, 0.1) is 6.92 Å². The zero-order valence-electron chi connectivity index (χ0n) is 13.4. The highest BCUT2D eigenvalue weighted by Gasteiger charge is 2.18. The van der Waals surface area contributed by atoms with Gasteiger partial charge in [-0.05, 0) is 36.6 Å². The molecule has 0 amide bonds. The first-order valence-electron chi connectivity index (χ1n) is 7.90. The summed E-state index contributed by atoms with van der Waals surface area (Å²) in [7, 11) is 0. The molecule has 2 heterocycles. The maximum Gasteiger partial charge on any atom is 0.130 e. The summed E-state index contributed by atoms with van der Waals surface area (Å²) in [4.78, 5) is 2.24. The maximum atomic E-state index is 9.69. The van der Waals surface area contributed by atoms with E-state index in [4.69, 9.17) is 15.0 Å². The standard InChI is InChI=1S/C17H23N3O3/c1-12-15(11-23-19-12)10-22-17-3-2-14-8-20(9-16(21)7-18)5-4-13(14)6-17/h2-3,6,11,16,21H,4-5,7-10,18H2,1H3. The average Bonchev–Trinajstić information content (AvgIpc) is 2.97. The summed E-state index contributed by atoms with van der Waals surface area (Å²) in [5.74, 6) is 0.861. The van der Waals surface area contributed by atoms with Crippen molar-refractivity contribution >= 4 is 0 Å². The van der Waals surface area contributed by atoms with Crippen LogP contribution in [0.3, 0.4) is 0 Å². The first-order chi connectivity index (χ1) is 11.2. The summed E-state index contributed by atoms with van der Waals surface area (Å²) >= 11 is 0. The third-order valence-electron chi connectivity index (χ3n) is 4.25. The molecule has 0 fully saturated rings. The van der Waals surface area contributed by atoms with Crippen molar-refractivity contribution in [2.24, 2.45) is 5.73 Å². The van der Waals surface area contributed by atoms with E-state index in [1.807, 2.05) is 13.0 Å². The monoisotopic (exact) mass is 317 g/mol. The fourth-order valence-corrected chi connectivity index (χ4v) is 2.82. The molecule has 6 nitrogen and oxygen atoms in total. The molecule has 0 spiro atoms. The van der Waals surface area contributed by atoms with E-state index in [1.165, 1.54) is 11.1 Å². The second kappa shape index (κ2) is 7.12. The smallest absolute Gasteiger partial charge is 0.130 e.